The number of amides is 1. The Morgan fingerprint density at radius 1 is 1.15 bits per heavy atom. The van der Waals surface area contributed by atoms with Gasteiger partial charge in [-0.1, -0.05) is 15.9 Å². The van der Waals surface area contributed by atoms with Gasteiger partial charge >= 0.3 is 0 Å². The maximum Gasteiger partial charge on any atom is 0.240 e. The predicted molar refractivity (Wildman–Crippen MR) is 98.7 cm³/mol. The first kappa shape index (κ1) is 21.3. The molecule has 2 aromatic rings. The van der Waals surface area contributed by atoms with Crippen LogP contribution in [0.2, 0.25) is 0 Å². The van der Waals surface area contributed by atoms with Gasteiger partial charge in [0.2, 0.25) is 15.9 Å². The number of carbonyl (C=O) groups is 1. The van der Waals surface area contributed by atoms with E-state index in [1.807, 2.05) is 0 Å². The first-order chi connectivity index (χ1) is 12.7. The Kier molecular flexibility index (Phi) is 7.28. The molecule has 27 heavy (non-hydrogen) atoms. The van der Waals surface area contributed by atoms with E-state index in [4.69, 9.17) is 4.74 Å². The van der Waals surface area contributed by atoms with Gasteiger partial charge in [-0.25, -0.2) is 21.9 Å². The summed E-state index contributed by atoms with van der Waals surface area (Å²) in [6.07, 6.45) is -0.126. The molecular weight excluding hydrogens is 446 g/mol. The number of carbonyl (C=O) groups excluding carboxylic acids is 1. The van der Waals surface area contributed by atoms with Crippen LogP contribution >= 0.6 is 15.9 Å². The zero-order valence-electron chi connectivity index (χ0n) is 14.3. The molecule has 0 fully saturated rings. The predicted octanol–water partition coefficient (Wildman–Crippen LogP) is 2.72. The summed E-state index contributed by atoms with van der Waals surface area (Å²) >= 11 is 3.33. The maximum atomic E-state index is 13.2. The zero-order chi connectivity index (χ0) is 20.0. The molecule has 2 rings (SSSR count). The molecule has 0 atom stereocenters. The molecule has 2 aromatic carbocycles. The highest BCUT2D eigenvalue weighted by Gasteiger charge is 2.16. The van der Waals surface area contributed by atoms with Gasteiger partial charge in [0.1, 0.15) is 5.75 Å². The Morgan fingerprint density at radius 2 is 1.89 bits per heavy atom. The minimum atomic E-state index is -4.04. The topological polar surface area (TPSA) is 84.5 Å². The maximum absolute atomic E-state index is 13.2. The van der Waals surface area contributed by atoms with E-state index in [9.17, 15) is 22.0 Å². The summed E-state index contributed by atoms with van der Waals surface area (Å²) in [6.45, 7) is 0.0140. The lowest BCUT2D eigenvalue weighted by Crippen LogP contribution is -2.30. The fourth-order valence-corrected chi connectivity index (χ4v) is 3.65. The molecular formula is C17H17BrF2N2O4S. The number of halogens is 3. The van der Waals surface area contributed by atoms with E-state index in [2.05, 4.69) is 26.0 Å². The fourth-order valence-electron chi connectivity index (χ4n) is 2.19. The number of sulfonamides is 1. The third-order valence-electron chi connectivity index (χ3n) is 3.56. The SMILES string of the molecule is COc1ccc(Br)cc1CNC(=O)CCNS(=O)(=O)c1ccc(F)c(F)c1. The lowest BCUT2D eigenvalue weighted by Gasteiger charge is -2.11. The molecule has 0 saturated carbocycles. The summed E-state index contributed by atoms with van der Waals surface area (Å²) in [5, 5.41) is 2.66. The van der Waals surface area contributed by atoms with Gasteiger partial charge in [-0.15, -0.1) is 0 Å². The van der Waals surface area contributed by atoms with Crippen molar-refractivity contribution < 1.29 is 26.7 Å². The standard InChI is InChI=1S/C17H17BrF2N2O4S/c1-26-16-5-2-12(18)8-11(16)10-21-17(23)6-7-22-27(24,25)13-3-4-14(19)15(20)9-13/h2-5,8-9,22H,6-7,10H2,1H3,(H,21,23). The minimum absolute atomic E-state index is 0.126. The van der Waals surface area contributed by atoms with Crippen LogP contribution in [0.1, 0.15) is 12.0 Å². The van der Waals surface area contributed by atoms with E-state index in [1.165, 1.54) is 7.11 Å². The molecule has 0 aromatic heterocycles. The Labute approximate surface area is 164 Å². The van der Waals surface area contributed by atoms with Gasteiger partial charge in [0.25, 0.3) is 0 Å². The largest absolute Gasteiger partial charge is 0.496 e. The van der Waals surface area contributed by atoms with Crippen LogP contribution in [0, 0.1) is 11.6 Å². The Hall–Kier alpha value is -2.04. The van der Waals surface area contributed by atoms with Gasteiger partial charge in [-0.2, -0.15) is 0 Å². The molecule has 6 nitrogen and oxygen atoms in total. The first-order valence-electron chi connectivity index (χ1n) is 7.77. The minimum Gasteiger partial charge on any atom is -0.496 e. The van der Waals surface area contributed by atoms with Crippen molar-refractivity contribution in [3.8, 4) is 5.75 Å². The van der Waals surface area contributed by atoms with Gasteiger partial charge in [-0.05, 0) is 36.4 Å². The average Bonchev–Trinajstić information content (AvgIpc) is 2.62. The number of hydrogen-bond acceptors (Lipinski definition) is 4. The summed E-state index contributed by atoms with van der Waals surface area (Å²) < 4.78 is 58.3. The molecule has 0 saturated heterocycles. The number of ether oxygens (including phenoxy) is 1. The molecule has 2 N–H and O–H groups in total. The molecule has 0 radical (unpaired) electrons. The van der Waals surface area contributed by atoms with E-state index >= 15 is 0 Å². The summed E-state index contributed by atoms with van der Waals surface area (Å²) in [5.74, 6) is -2.18. The molecule has 0 heterocycles. The van der Waals surface area contributed by atoms with Crippen LogP contribution in [-0.4, -0.2) is 28.0 Å². The molecule has 146 valence electrons. The summed E-state index contributed by atoms with van der Waals surface area (Å²) in [5.41, 5.74) is 0.752. The first-order valence-corrected chi connectivity index (χ1v) is 10.0. The third kappa shape index (κ3) is 5.98. The second-order valence-electron chi connectivity index (χ2n) is 5.46. The molecule has 0 bridgehead atoms. The monoisotopic (exact) mass is 462 g/mol. The second-order valence-corrected chi connectivity index (χ2v) is 8.14. The van der Waals surface area contributed by atoms with Crippen molar-refractivity contribution in [3.63, 3.8) is 0 Å². The van der Waals surface area contributed by atoms with Gasteiger partial charge in [-0.3, -0.25) is 4.79 Å². The highest BCUT2D eigenvalue weighted by atomic mass is 79.9. The van der Waals surface area contributed by atoms with Gasteiger partial charge in [0.05, 0.1) is 12.0 Å². The fraction of sp³-hybridized carbons (Fsp3) is 0.235. The molecule has 0 aliphatic rings. The smallest absolute Gasteiger partial charge is 0.240 e. The molecule has 0 aliphatic heterocycles. The van der Waals surface area contributed by atoms with Crippen molar-refractivity contribution in [1.82, 2.24) is 10.0 Å². The van der Waals surface area contributed by atoms with E-state index in [-0.39, 0.29) is 25.4 Å². The molecule has 1 amide bonds. The van der Waals surface area contributed by atoms with Crippen LogP contribution in [0.15, 0.2) is 45.8 Å². The highest BCUT2D eigenvalue weighted by Crippen LogP contribution is 2.22. The second kappa shape index (κ2) is 9.25. The van der Waals surface area contributed by atoms with E-state index in [0.717, 1.165) is 22.2 Å². The Bertz CT molecular complexity index is 939. The van der Waals surface area contributed by atoms with Crippen molar-refractivity contribution in [2.45, 2.75) is 17.9 Å². The van der Waals surface area contributed by atoms with Crippen molar-refractivity contribution in [2.24, 2.45) is 0 Å². The average molecular weight is 463 g/mol. The quantitative estimate of drug-likeness (QED) is 0.631. The lowest BCUT2D eigenvalue weighted by molar-refractivity contribution is -0.121. The number of rotatable bonds is 8. The molecule has 10 heteroatoms. The summed E-state index contributed by atoms with van der Waals surface area (Å²) in [7, 11) is -2.53. The normalized spacial score (nSPS) is 11.3. The van der Waals surface area contributed by atoms with Gasteiger partial charge < -0.3 is 10.1 Å². The van der Waals surface area contributed by atoms with Crippen LogP contribution < -0.4 is 14.8 Å². The van der Waals surface area contributed by atoms with Crippen LogP contribution in [0.4, 0.5) is 8.78 Å². The summed E-state index contributed by atoms with van der Waals surface area (Å²) in [4.78, 5) is 11.5. The number of hydrogen-bond donors (Lipinski definition) is 2. The zero-order valence-corrected chi connectivity index (χ0v) is 16.7. The van der Waals surface area contributed by atoms with E-state index in [0.29, 0.717) is 11.8 Å². The number of nitrogens with one attached hydrogen (secondary N) is 2. The number of methoxy groups -OCH3 is 1. The highest BCUT2D eigenvalue weighted by molar-refractivity contribution is 9.10. The van der Waals surface area contributed by atoms with Crippen LogP contribution in [0.5, 0.6) is 5.75 Å². The Morgan fingerprint density at radius 3 is 2.56 bits per heavy atom. The van der Waals surface area contributed by atoms with Crippen molar-refractivity contribution in [2.75, 3.05) is 13.7 Å². The van der Waals surface area contributed by atoms with Gasteiger partial charge in [0.15, 0.2) is 11.6 Å². The molecule has 0 spiro atoms. The Balaban J connectivity index is 1.87. The lowest BCUT2D eigenvalue weighted by atomic mass is 10.2. The van der Waals surface area contributed by atoms with Gasteiger partial charge in [0, 0.05) is 29.5 Å². The van der Waals surface area contributed by atoms with Crippen LogP contribution in [0.3, 0.4) is 0 Å². The molecule has 0 aliphatic carbocycles. The number of benzene rings is 2. The molecule has 0 unspecified atom stereocenters. The summed E-state index contributed by atoms with van der Waals surface area (Å²) in [6, 6.07) is 7.60. The van der Waals surface area contributed by atoms with E-state index in [1.54, 1.807) is 18.2 Å². The van der Waals surface area contributed by atoms with E-state index < -0.39 is 26.6 Å². The third-order valence-corrected chi connectivity index (χ3v) is 5.52. The van der Waals surface area contributed by atoms with Crippen molar-refractivity contribution in [1.29, 1.82) is 0 Å². The van der Waals surface area contributed by atoms with Crippen LogP contribution in [0.25, 0.3) is 0 Å². The van der Waals surface area contributed by atoms with Crippen LogP contribution in [-0.2, 0) is 21.4 Å². The van der Waals surface area contributed by atoms with Crippen molar-refractivity contribution in [3.05, 3.63) is 58.1 Å². The van der Waals surface area contributed by atoms with Crippen molar-refractivity contribution >= 4 is 31.9 Å².